The zero-order valence-corrected chi connectivity index (χ0v) is 13.0. The third kappa shape index (κ3) is 2.36. The molecule has 0 amide bonds. The standard InChI is InChI=1S/C15H12N8O2/c1-22-7-17-9-3-2-8(6-10(9)22)11-14(23-18-4-5-19-23)21-13(16)12(20-11)15(24)25/h2-7H,1H3,(H2,16,21)(H,24,25). The Morgan fingerprint density at radius 3 is 2.68 bits per heavy atom. The van der Waals surface area contributed by atoms with Gasteiger partial charge in [0.2, 0.25) is 5.82 Å². The monoisotopic (exact) mass is 336 g/mol. The summed E-state index contributed by atoms with van der Waals surface area (Å²) in [5.74, 6) is -1.22. The molecule has 25 heavy (non-hydrogen) atoms. The number of carboxylic acid groups (broad SMARTS) is 1. The zero-order valence-electron chi connectivity index (χ0n) is 13.0. The van der Waals surface area contributed by atoms with Gasteiger partial charge in [0, 0.05) is 12.6 Å². The fourth-order valence-electron chi connectivity index (χ4n) is 2.53. The van der Waals surface area contributed by atoms with Gasteiger partial charge in [-0.2, -0.15) is 10.2 Å². The highest BCUT2D eigenvalue weighted by Crippen LogP contribution is 2.27. The van der Waals surface area contributed by atoms with Crippen molar-refractivity contribution < 1.29 is 9.90 Å². The van der Waals surface area contributed by atoms with E-state index in [9.17, 15) is 9.90 Å². The van der Waals surface area contributed by atoms with Gasteiger partial charge in [0.1, 0.15) is 5.69 Å². The predicted octanol–water partition coefficient (Wildman–Crippen LogP) is 0.891. The van der Waals surface area contributed by atoms with E-state index in [0.717, 1.165) is 11.0 Å². The Balaban J connectivity index is 2.01. The van der Waals surface area contributed by atoms with Gasteiger partial charge < -0.3 is 15.4 Å². The molecule has 0 fully saturated rings. The van der Waals surface area contributed by atoms with Crippen LogP contribution in [0.15, 0.2) is 36.9 Å². The molecule has 0 bridgehead atoms. The number of nitrogens with zero attached hydrogens (tertiary/aromatic N) is 7. The van der Waals surface area contributed by atoms with E-state index in [0.29, 0.717) is 11.3 Å². The van der Waals surface area contributed by atoms with Crippen LogP contribution in [-0.2, 0) is 7.05 Å². The maximum atomic E-state index is 11.4. The maximum absolute atomic E-state index is 11.4. The highest BCUT2D eigenvalue weighted by atomic mass is 16.4. The van der Waals surface area contributed by atoms with Crippen molar-refractivity contribution >= 4 is 22.8 Å². The smallest absolute Gasteiger partial charge is 0.358 e. The molecule has 3 aromatic heterocycles. The molecule has 0 saturated heterocycles. The molecule has 4 aromatic rings. The summed E-state index contributed by atoms with van der Waals surface area (Å²) in [4.78, 5) is 25.3. The normalized spacial score (nSPS) is 11.1. The van der Waals surface area contributed by atoms with Crippen LogP contribution in [0.4, 0.5) is 5.82 Å². The second kappa shape index (κ2) is 5.37. The summed E-state index contributed by atoms with van der Waals surface area (Å²) in [7, 11) is 1.87. The molecule has 10 nitrogen and oxygen atoms in total. The fourth-order valence-corrected chi connectivity index (χ4v) is 2.53. The topological polar surface area (TPSA) is 138 Å². The highest BCUT2D eigenvalue weighted by Gasteiger charge is 2.20. The van der Waals surface area contributed by atoms with Crippen LogP contribution in [0.25, 0.3) is 28.1 Å². The minimum Gasteiger partial charge on any atom is -0.476 e. The van der Waals surface area contributed by atoms with E-state index >= 15 is 0 Å². The molecule has 0 aliphatic heterocycles. The largest absolute Gasteiger partial charge is 0.476 e. The first-order chi connectivity index (χ1) is 12.0. The van der Waals surface area contributed by atoms with Crippen molar-refractivity contribution in [1.82, 2.24) is 34.5 Å². The number of aryl methyl sites for hydroxylation is 1. The van der Waals surface area contributed by atoms with Gasteiger partial charge in [-0.25, -0.2) is 19.7 Å². The molecule has 4 rings (SSSR count). The molecule has 0 spiro atoms. The minimum atomic E-state index is -1.26. The number of fused-ring (bicyclic) bond motifs is 1. The first kappa shape index (κ1) is 14.8. The molecule has 0 saturated carbocycles. The lowest BCUT2D eigenvalue weighted by Gasteiger charge is -2.10. The van der Waals surface area contributed by atoms with Gasteiger partial charge in [0.15, 0.2) is 11.5 Å². The van der Waals surface area contributed by atoms with Gasteiger partial charge >= 0.3 is 5.97 Å². The van der Waals surface area contributed by atoms with Crippen LogP contribution in [0.1, 0.15) is 10.5 Å². The summed E-state index contributed by atoms with van der Waals surface area (Å²) in [6.45, 7) is 0. The van der Waals surface area contributed by atoms with Crippen LogP contribution in [0.5, 0.6) is 0 Å². The molecule has 0 radical (unpaired) electrons. The summed E-state index contributed by atoms with van der Waals surface area (Å²) in [6.07, 6.45) is 4.66. The Kier molecular flexibility index (Phi) is 3.17. The van der Waals surface area contributed by atoms with E-state index in [1.165, 1.54) is 17.2 Å². The Morgan fingerprint density at radius 1 is 1.20 bits per heavy atom. The van der Waals surface area contributed by atoms with Crippen molar-refractivity contribution in [3.05, 3.63) is 42.6 Å². The number of anilines is 1. The quantitative estimate of drug-likeness (QED) is 0.562. The molecule has 1 aromatic carbocycles. The van der Waals surface area contributed by atoms with Gasteiger partial charge in [0.25, 0.3) is 0 Å². The SMILES string of the molecule is Cn1cnc2ccc(-c3nc(C(=O)O)c(N)nc3-n3nccn3)cc21. The van der Waals surface area contributed by atoms with Crippen molar-refractivity contribution in [3.63, 3.8) is 0 Å². The minimum absolute atomic E-state index is 0.204. The number of hydrogen-bond acceptors (Lipinski definition) is 7. The fraction of sp³-hybridized carbons (Fsp3) is 0.0667. The number of benzene rings is 1. The van der Waals surface area contributed by atoms with Crippen molar-refractivity contribution in [2.24, 2.45) is 7.05 Å². The third-order valence-corrected chi connectivity index (χ3v) is 3.71. The lowest BCUT2D eigenvalue weighted by Crippen LogP contribution is -2.14. The summed E-state index contributed by atoms with van der Waals surface area (Å²) < 4.78 is 1.85. The number of carboxylic acids is 1. The van der Waals surface area contributed by atoms with Crippen LogP contribution in [-0.4, -0.2) is 45.6 Å². The maximum Gasteiger partial charge on any atom is 0.358 e. The molecular formula is C15H12N8O2. The van der Waals surface area contributed by atoms with E-state index in [1.807, 2.05) is 23.7 Å². The summed E-state index contributed by atoms with van der Waals surface area (Å²) in [6, 6.07) is 5.46. The molecule has 3 N–H and O–H groups in total. The average molecular weight is 336 g/mol. The Bertz CT molecular complexity index is 1100. The number of aromatic carboxylic acids is 1. The van der Waals surface area contributed by atoms with Crippen molar-refractivity contribution in [1.29, 1.82) is 0 Å². The van der Waals surface area contributed by atoms with E-state index < -0.39 is 5.97 Å². The summed E-state index contributed by atoms with van der Waals surface area (Å²) in [5, 5.41) is 17.4. The van der Waals surface area contributed by atoms with E-state index in [1.54, 1.807) is 12.4 Å². The Hall–Kier alpha value is -3.82. The molecule has 0 aliphatic rings. The van der Waals surface area contributed by atoms with Gasteiger partial charge in [-0.15, -0.1) is 4.80 Å². The summed E-state index contributed by atoms with van der Waals surface area (Å²) in [5.41, 5.74) is 8.06. The van der Waals surface area contributed by atoms with Crippen LogP contribution >= 0.6 is 0 Å². The van der Waals surface area contributed by atoms with Crippen LogP contribution in [0.2, 0.25) is 0 Å². The summed E-state index contributed by atoms with van der Waals surface area (Å²) >= 11 is 0. The van der Waals surface area contributed by atoms with E-state index in [-0.39, 0.29) is 17.3 Å². The first-order valence-corrected chi connectivity index (χ1v) is 7.23. The second-order valence-corrected chi connectivity index (χ2v) is 5.31. The number of nitrogens with two attached hydrogens (primary N) is 1. The van der Waals surface area contributed by atoms with Crippen LogP contribution in [0.3, 0.4) is 0 Å². The highest BCUT2D eigenvalue weighted by molar-refractivity contribution is 5.92. The number of aromatic nitrogens is 7. The van der Waals surface area contributed by atoms with Crippen molar-refractivity contribution in [2.75, 3.05) is 5.73 Å². The predicted molar refractivity (Wildman–Crippen MR) is 88.0 cm³/mol. The molecule has 3 heterocycles. The molecule has 0 atom stereocenters. The molecule has 10 heteroatoms. The molecule has 0 aliphatic carbocycles. The zero-order chi connectivity index (χ0) is 17.6. The lowest BCUT2D eigenvalue weighted by molar-refractivity contribution is 0.0691. The number of hydrogen-bond donors (Lipinski definition) is 2. The van der Waals surface area contributed by atoms with Crippen molar-refractivity contribution in [2.45, 2.75) is 0 Å². The Morgan fingerprint density at radius 2 is 1.96 bits per heavy atom. The lowest BCUT2D eigenvalue weighted by atomic mass is 10.1. The number of imidazole rings is 1. The Labute approximate surface area is 140 Å². The van der Waals surface area contributed by atoms with Gasteiger partial charge in [-0.1, -0.05) is 6.07 Å². The average Bonchev–Trinajstić information content (AvgIpc) is 3.24. The molecule has 124 valence electrons. The van der Waals surface area contributed by atoms with Crippen LogP contribution in [0, 0.1) is 0 Å². The second-order valence-electron chi connectivity index (χ2n) is 5.31. The van der Waals surface area contributed by atoms with Crippen LogP contribution < -0.4 is 5.73 Å². The van der Waals surface area contributed by atoms with E-state index in [4.69, 9.17) is 5.73 Å². The van der Waals surface area contributed by atoms with Gasteiger partial charge in [-0.3, -0.25) is 0 Å². The number of carbonyl (C=O) groups is 1. The molecular weight excluding hydrogens is 324 g/mol. The third-order valence-electron chi connectivity index (χ3n) is 3.71. The van der Waals surface area contributed by atoms with Crippen molar-refractivity contribution in [3.8, 4) is 17.1 Å². The number of rotatable bonds is 3. The first-order valence-electron chi connectivity index (χ1n) is 7.23. The molecule has 0 unspecified atom stereocenters. The van der Waals surface area contributed by atoms with E-state index in [2.05, 4.69) is 25.1 Å². The van der Waals surface area contributed by atoms with Gasteiger partial charge in [-0.05, 0) is 12.1 Å². The van der Waals surface area contributed by atoms with Gasteiger partial charge in [0.05, 0.1) is 29.8 Å². The number of nitrogen functional groups attached to an aromatic ring is 1.